The maximum Gasteiger partial charge on any atom is 0.307 e. The summed E-state index contributed by atoms with van der Waals surface area (Å²) in [5.41, 5.74) is 2.14. The van der Waals surface area contributed by atoms with Crippen LogP contribution >= 0.6 is 0 Å². The fraction of sp³-hybridized carbons (Fsp3) is 0.316. The normalized spacial score (nSPS) is 23.0. The Labute approximate surface area is 132 Å². The van der Waals surface area contributed by atoms with Crippen LogP contribution in [-0.2, 0) is 10.2 Å². The molecule has 3 heteroatoms. The largest absolute Gasteiger partial charge is 0.481 e. The van der Waals surface area contributed by atoms with Crippen molar-refractivity contribution < 1.29 is 9.90 Å². The van der Waals surface area contributed by atoms with Gasteiger partial charge in [-0.25, -0.2) is 0 Å². The van der Waals surface area contributed by atoms with Crippen LogP contribution in [0.5, 0.6) is 0 Å². The van der Waals surface area contributed by atoms with Gasteiger partial charge in [0.2, 0.25) is 0 Å². The summed E-state index contributed by atoms with van der Waals surface area (Å²) in [6.07, 6.45) is 0. The van der Waals surface area contributed by atoms with Crippen molar-refractivity contribution in [2.24, 2.45) is 5.92 Å². The van der Waals surface area contributed by atoms with E-state index >= 15 is 0 Å². The molecule has 0 spiro atoms. The number of carboxylic acid groups (broad SMARTS) is 1. The van der Waals surface area contributed by atoms with E-state index in [1.54, 1.807) is 0 Å². The fourth-order valence-corrected chi connectivity index (χ4v) is 7.41. The minimum absolute atomic E-state index is 0.224. The van der Waals surface area contributed by atoms with E-state index in [-0.39, 0.29) is 16.9 Å². The number of carbonyl (C=O) groups is 1. The zero-order valence-electron chi connectivity index (χ0n) is 13.3. The second kappa shape index (κ2) is 5.09. The first kappa shape index (κ1) is 15.0. The van der Waals surface area contributed by atoms with Gasteiger partial charge in [0, 0.05) is 13.5 Å². The SMILES string of the molecule is C[Si](C)(C)[C@H]1[C@@H](C(=O)O)C1(c1ccccc1)c1ccccc1. The Morgan fingerprint density at radius 1 is 0.909 bits per heavy atom. The standard InChI is InChI=1S/C19H22O2Si/c1-22(2,3)17-16(18(20)21)19(17,14-10-6-4-7-11-14)15-12-8-5-9-13-15/h4-13,16-17H,1-3H3,(H,20,21)/t16-,17-/m0/s1. The van der Waals surface area contributed by atoms with Crippen LogP contribution in [-0.4, -0.2) is 19.1 Å². The van der Waals surface area contributed by atoms with Crippen LogP contribution in [0, 0.1) is 5.92 Å². The van der Waals surface area contributed by atoms with Crippen LogP contribution in [0.25, 0.3) is 0 Å². The molecular weight excluding hydrogens is 288 g/mol. The average Bonchev–Trinajstić information content (AvgIpc) is 3.21. The lowest BCUT2D eigenvalue weighted by Gasteiger charge is -2.24. The van der Waals surface area contributed by atoms with Gasteiger partial charge in [-0.3, -0.25) is 4.79 Å². The molecule has 3 rings (SSSR count). The Kier molecular flexibility index (Phi) is 3.48. The number of hydrogen-bond donors (Lipinski definition) is 1. The average molecular weight is 310 g/mol. The van der Waals surface area contributed by atoms with E-state index in [0.29, 0.717) is 0 Å². The van der Waals surface area contributed by atoms with Gasteiger partial charge in [-0.2, -0.15) is 0 Å². The third kappa shape index (κ3) is 2.12. The van der Waals surface area contributed by atoms with Gasteiger partial charge in [0.15, 0.2) is 0 Å². The third-order valence-electron chi connectivity index (χ3n) is 4.91. The first-order valence-corrected chi connectivity index (χ1v) is 11.3. The molecule has 1 aliphatic carbocycles. The first-order valence-electron chi connectivity index (χ1n) is 7.74. The van der Waals surface area contributed by atoms with Crippen LogP contribution < -0.4 is 0 Å². The van der Waals surface area contributed by atoms with Crippen molar-refractivity contribution >= 4 is 14.0 Å². The molecule has 0 amide bonds. The monoisotopic (exact) mass is 310 g/mol. The van der Waals surface area contributed by atoms with Crippen molar-refractivity contribution in [3.63, 3.8) is 0 Å². The van der Waals surface area contributed by atoms with Gasteiger partial charge in [0.25, 0.3) is 0 Å². The molecule has 2 aromatic carbocycles. The first-order chi connectivity index (χ1) is 10.4. The number of rotatable bonds is 4. The van der Waals surface area contributed by atoms with Crippen LogP contribution in [0.2, 0.25) is 25.2 Å². The molecule has 0 unspecified atom stereocenters. The van der Waals surface area contributed by atoms with E-state index < -0.39 is 14.0 Å². The Morgan fingerprint density at radius 3 is 1.59 bits per heavy atom. The fourth-order valence-electron chi connectivity index (χ4n) is 4.22. The molecule has 1 N–H and O–H groups in total. The number of aliphatic carboxylic acids is 1. The van der Waals surface area contributed by atoms with Gasteiger partial charge in [-0.15, -0.1) is 0 Å². The van der Waals surface area contributed by atoms with E-state index in [2.05, 4.69) is 43.9 Å². The van der Waals surface area contributed by atoms with Gasteiger partial charge < -0.3 is 5.11 Å². The molecule has 0 bridgehead atoms. The van der Waals surface area contributed by atoms with Gasteiger partial charge in [-0.1, -0.05) is 80.3 Å². The summed E-state index contributed by atoms with van der Waals surface area (Å²) in [4.78, 5) is 12.0. The van der Waals surface area contributed by atoms with Crippen molar-refractivity contribution in [2.75, 3.05) is 0 Å². The number of benzene rings is 2. The molecule has 1 saturated carbocycles. The minimum Gasteiger partial charge on any atom is -0.481 e. The maximum absolute atomic E-state index is 12.0. The lowest BCUT2D eigenvalue weighted by atomic mass is 9.85. The molecule has 2 aromatic rings. The zero-order chi connectivity index (χ0) is 16.0. The summed E-state index contributed by atoms with van der Waals surface area (Å²) in [5.74, 6) is -0.982. The highest BCUT2D eigenvalue weighted by molar-refractivity contribution is 6.79. The molecule has 0 saturated heterocycles. The second-order valence-electron chi connectivity index (χ2n) is 7.26. The van der Waals surface area contributed by atoms with Crippen LogP contribution in [0.3, 0.4) is 0 Å². The highest BCUT2D eigenvalue weighted by Crippen LogP contribution is 2.71. The van der Waals surface area contributed by atoms with Crippen LogP contribution in [0.1, 0.15) is 11.1 Å². The Hall–Kier alpha value is -1.87. The van der Waals surface area contributed by atoms with Crippen LogP contribution in [0.4, 0.5) is 0 Å². The lowest BCUT2D eigenvalue weighted by molar-refractivity contribution is -0.138. The summed E-state index contributed by atoms with van der Waals surface area (Å²) in [7, 11) is -1.63. The molecule has 1 fully saturated rings. The molecule has 22 heavy (non-hydrogen) atoms. The summed E-state index contributed by atoms with van der Waals surface area (Å²) in [6, 6.07) is 20.4. The predicted molar refractivity (Wildman–Crippen MR) is 91.9 cm³/mol. The molecule has 1 aliphatic rings. The molecule has 2 atom stereocenters. The summed E-state index contributed by atoms with van der Waals surface area (Å²) in [5, 5.41) is 9.87. The van der Waals surface area contributed by atoms with E-state index in [1.807, 2.05) is 36.4 Å². The van der Waals surface area contributed by atoms with E-state index in [0.717, 1.165) is 11.1 Å². The van der Waals surface area contributed by atoms with Crippen molar-refractivity contribution in [2.45, 2.75) is 30.6 Å². The van der Waals surface area contributed by atoms with Crippen LogP contribution in [0.15, 0.2) is 60.7 Å². The van der Waals surface area contributed by atoms with Crippen molar-refractivity contribution in [1.29, 1.82) is 0 Å². The third-order valence-corrected chi connectivity index (χ3v) is 7.56. The molecular formula is C19H22O2Si. The maximum atomic E-state index is 12.0. The molecule has 0 aliphatic heterocycles. The summed E-state index contributed by atoms with van der Waals surface area (Å²) >= 11 is 0. The molecule has 0 heterocycles. The Balaban J connectivity index is 2.24. The quantitative estimate of drug-likeness (QED) is 0.850. The van der Waals surface area contributed by atoms with Crippen molar-refractivity contribution in [3.8, 4) is 0 Å². The highest BCUT2D eigenvalue weighted by atomic mass is 28.3. The smallest absolute Gasteiger partial charge is 0.307 e. The van der Waals surface area contributed by atoms with Gasteiger partial charge in [-0.05, 0) is 16.7 Å². The van der Waals surface area contributed by atoms with Gasteiger partial charge in [0.1, 0.15) is 0 Å². The Morgan fingerprint density at radius 2 is 1.32 bits per heavy atom. The van der Waals surface area contributed by atoms with Gasteiger partial charge in [0.05, 0.1) is 5.92 Å². The molecule has 114 valence electrons. The lowest BCUT2D eigenvalue weighted by Crippen LogP contribution is -2.26. The molecule has 2 nitrogen and oxygen atoms in total. The summed E-state index contributed by atoms with van der Waals surface area (Å²) < 4.78 is 0. The molecule has 0 radical (unpaired) electrons. The zero-order valence-corrected chi connectivity index (χ0v) is 14.3. The van der Waals surface area contributed by atoms with E-state index in [9.17, 15) is 9.90 Å². The van der Waals surface area contributed by atoms with Gasteiger partial charge >= 0.3 is 5.97 Å². The van der Waals surface area contributed by atoms with E-state index in [1.165, 1.54) is 0 Å². The number of carboxylic acids is 1. The Bertz CT molecular complexity index is 634. The van der Waals surface area contributed by atoms with E-state index in [4.69, 9.17) is 0 Å². The summed E-state index contributed by atoms with van der Waals surface area (Å²) in [6.45, 7) is 6.84. The minimum atomic E-state index is -1.63. The molecule has 0 aromatic heterocycles. The topological polar surface area (TPSA) is 37.3 Å². The van der Waals surface area contributed by atoms with Crippen molar-refractivity contribution in [3.05, 3.63) is 71.8 Å². The second-order valence-corrected chi connectivity index (χ2v) is 12.6. The predicted octanol–water partition coefficient (Wildman–Crippen LogP) is 4.40. The number of hydrogen-bond acceptors (Lipinski definition) is 1. The highest BCUT2D eigenvalue weighted by Gasteiger charge is 2.73. The van der Waals surface area contributed by atoms with Crippen molar-refractivity contribution in [1.82, 2.24) is 0 Å².